The lowest BCUT2D eigenvalue weighted by Crippen LogP contribution is -2.01. The molecule has 2 heteroatoms. The van der Waals surface area contributed by atoms with E-state index in [2.05, 4.69) is 38.6 Å². The van der Waals surface area contributed by atoms with Crippen molar-refractivity contribution in [2.24, 2.45) is 10.9 Å². The van der Waals surface area contributed by atoms with Crippen LogP contribution in [-0.4, -0.2) is 6.72 Å². The van der Waals surface area contributed by atoms with Gasteiger partial charge in [0.05, 0.1) is 6.07 Å². The van der Waals surface area contributed by atoms with Crippen LogP contribution in [0.4, 0.5) is 0 Å². The Hall–Kier alpha value is -1.36. The highest BCUT2D eigenvalue weighted by Crippen LogP contribution is 2.29. The number of hydrogen-bond donors (Lipinski definition) is 0. The molecule has 94 valence electrons. The average molecular weight is 232 g/mol. The van der Waals surface area contributed by atoms with Crippen LogP contribution in [0.3, 0.4) is 0 Å². The largest absolute Gasteiger partial charge is 0.269 e. The normalized spacial score (nSPS) is 15.5. The molecule has 0 N–H and O–H groups in total. The van der Waals surface area contributed by atoms with Crippen molar-refractivity contribution in [3.63, 3.8) is 0 Å². The van der Waals surface area contributed by atoms with Crippen molar-refractivity contribution in [3.8, 4) is 6.07 Å². The van der Waals surface area contributed by atoms with Crippen LogP contribution < -0.4 is 0 Å². The highest BCUT2D eigenvalue weighted by molar-refractivity contribution is 5.41. The van der Waals surface area contributed by atoms with Crippen LogP contribution in [0.5, 0.6) is 0 Å². The van der Waals surface area contributed by atoms with Crippen LogP contribution in [0.2, 0.25) is 0 Å². The number of nitriles is 1. The Labute approximate surface area is 106 Å². The van der Waals surface area contributed by atoms with E-state index >= 15 is 0 Å². The molecule has 1 atom stereocenters. The Morgan fingerprint density at radius 1 is 1.24 bits per heavy atom. The van der Waals surface area contributed by atoms with Gasteiger partial charge in [-0.2, -0.15) is 5.26 Å². The summed E-state index contributed by atoms with van der Waals surface area (Å²) < 4.78 is 0. The lowest BCUT2D eigenvalue weighted by atomic mass is 9.89. The zero-order valence-electron chi connectivity index (χ0n) is 11.8. The fourth-order valence-electron chi connectivity index (χ4n) is 1.92. The van der Waals surface area contributed by atoms with Crippen molar-refractivity contribution in [2.75, 3.05) is 0 Å². The summed E-state index contributed by atoms with van der Waals surface area (Å²) in [5.74, 6) is 0.0212. The summed E-state index contributed by atoms with van der Waals surface area (Å²) in [5, 5.41) is 8.95. The lowest BCUT2D eigenvalue weighted by molar-refractivity contribution is 0.720. The fraction of sp³-hybridized carbons (Fsp3) is 0.600. The summed E-state index contributed by atoms with van der Waals surface area (Å²) in [6.45, 7) is 14.0. The molecular weight excluding hydrogens is 208 g/mol. The molecule has 2 nitrogen and oxygen atoms in total. The van der Waals surface area contributed by atoms with Crippen molar-refractivity contribution in [2.45, 2.75) is 53.9 Å². The first kappa shape index (κ1) is 15.6. The average Bonchev–Trinajstić information content (AvgIpc) is 2.36. The molecule has 0 radical (unpaired) electrons. The van der Waals surface area contributed by atoms with Crippen molar-refractivity contribution in [3.05, 3.63) is 22.4 Å². The van der Waals surface area contributed by atoms with E-state index in [1.807, 2.05) is 13.8 Å². The molecule has 0 heterocycles. The van der Waals surface area contributed by atoms with E-state index in [1.54, 1.807) is 0 Å². The Morgan fingerprint density at radius 2 is 1.82 bits per heavy atom. The van der Waals surface area contributed by atoms with Crippen molar-refractivity contribution < 1.29 is 0 Å². The second-order valence-corrected chi connectivity index (χ2v) is 4.42. The first-order chi connectivity index (χ1) is 8.01. The number of nitrogens with zero attached hydrogens (tertiary/aromatic N) is 2. The molecule has 0 bridgehead atoms. The van der Waals surface area contributed by atoms with E-state index in [9.17, 15) is 0 Å². The number of rotatable bonds is 6. The van der Waals surface area contributed by atoms with Gasteiger partial charge in [0.1, 0.15) is 0 Å². The van der Waals surface area contributed by atoms with E-state index in [1.165, 1.54) is 16.7 Å². The minimum Gasteiger partial charge on any atom is -0.269 e. The van der Waals surface area contributed by atoms with E-state index in [4.69, 9.17) is 5.26 Å². The zero-order valence-corrected chi connectivity index (χ0v) is 11.8. The summed E-state index contributed by atoms with van der Waals surface area (Å²) in [6.07, 6.45) is 2.79. The van der Waals surface area contributed by atoms with Crippen LogP contribution in [0.15, 0.2) is 27.4 Å². The molecule has 0 aliphatic rings. The fourth-order valence-corrected chi connectivity index (χ4v) is 1.92. The molecule has 0 aliphatic carbocycles. The third-order valence-electron chi connectivity index (χ3n) is 3.17. The van der Waals surface area contributed by atoms with Gasteiger partial charge in [-0.25, -0.2) is 0 Å². The molecule has 0 saturated heterocycles. The standard InChI is InChI=1S/C15H24N2/c1-7-12(4)14(8-2)15(13(5)17-6)9-11(3)10-16/h11H,6-9H2,1-5H3/b14-12+,15-13+/t11-/m0/s1. The molecule has 17 heavy (non-hydrogen) atoms. The van der Waals surface area contributed by atoms with Gasteiger partial charge >= 0.3 is 0 Å². The van der Waals surface area contributed by atoms with Gasteiger partial charge in [0.25, 0.3) is 0 Å². The Balaban J connectivity index is 5.50. The number of aliphatic imine (C=N–C) groups is 1. The molecule has 0 fully saturated rings. The zero-order chi connectivity index (χ0) is 13.4. The van der Waals surface area contributed by atoms with Crippen LogP contribution >= 0.6 is 0 Å². The second kappa shape index (κ2) is 7.84. The second-order valence-electron chi connectivity index (χ2n) is 4.42. The monoisotopic (exact) mass is 232 g/mol. The first-order valence-electron chi connectivity index (χ1n) is 6.26. The molecular formula is C15H24N2. The Kier molecular flexibility index (Phi) is 7.21. The summed E-state index contributed by atoms with van der Waals surface area (Å²) in [4.78, 5) is 4.05. The first-order valence-corrected chi connectivity index (χ1v) is 6.26. The molecule has 0 aromatic heterocycles. The quantitative estimate of drug-likeness (QED) is 0.485. The van der Waals surface area contributed by atoms with Crippen molar-refractivity contribution >= 4 is 6.72 Å². The molecule has 0 aromatic carbocycles. The highest BCUT2D eigenvalue weighted by Gasteiger charge is 2.13. The predicted octanol–water partition coefficient (Wildman–Crippen LogP) is 4.65. The van der Waals surface area contributed by atoms with Crippen LogP contribution in [-0.2, 0) is 0 Å². The van der Waals surface area contributed by atoms with Gasteiger partial charge < -0.3 is 0 Å². The van der Waals surface area contributed by atoms with E-state index in [-0.39, 0.29) is 5.92 Å². The maximum absolute atomic E-state index is 8.95. The molecule has 0 amide bonds. The Morgan fingerprint density at radius 3 is 2.18 bits per heavy atom. The minimum atomic E-state index is 0.0212. The maximum atomic E-state index is 8.95. The molecule has 0 rings (SSSR count). The van der Waals surface area contributed by atoms with Gasteiger partial charge in [-0.1, -0.05) is 19.4 Å². The molecule has 0 aromatic rings. The van der Waals surface area contributed by atoms with Crippen LogP contribution in [0, 0.1) is 17.2 Å². The summed E-state index contributed by atoms with van der Waals surface area (Å²) in [6, 6.07) is 2.29. The van der Waals surface area contributed by atoms with E-state index in [0.29, 0.717) is 0 Å². The smallest absolute Gasteiger partial charge is 0.0656 e. The molecule has 0 saturated carbocycles. The van der Waals surface area contributed by atoms with Gasteiger partial charge in [-0.05, 0) is 57.9 Å². The number of allylic oxidation sites excluding steroid dienone is 4. The lowest BCUT2D eigenvalue weighted by Gasteiger charge is -2.17. The van der Waals surface area contributed by atoms with Crippen molar-refractivity contribution in [1.82, 2.24) is 0 Å². The van der Waals surface area contributed by atoms with E-state index in [0.717, 1.165) is 25.0 Å². The maximum Gasteiger partial charge on any atom is 0.0656 e. The SMILES string of the molecule is C=N/C(C)=C(C[C@H](C)C#N)/C(CC)=C(\C)CC. The predicted molar refractivity (Wildman–Crippen MR) is 74.9 cm³/mol. The van der Waals surface area contributed by atoms with Gasteiger partial charge in [-0.15, -0.1) is 0 Å². The minimum absolute atomic E-state index is 0.0212. The van der Waals surface area contributed by atoms with Gasteiger partial charge in [0, 0.05) is 11.6 Å². The molecule has 0 unspecified atom stereocenters. The molecule has 0 aliphatic heterocycles. The van der Waals surface area contributed by atoms with Gasteiger partial charge in [-0.3, -0.25) is 4.99 Å². The third kappa shape index (κ3) is 4.56. The van der Waals surface area contributed by atoms with Crippen molar-refractivity contribution in [1.29, 1.82) is 5.26 Å². The summed E-state index contributed by atoms with van der Waals surface area (Å²) >= 11 is 0. The topological polar surface area (TPSA) is 36.1 Å². The third-order valence-corrected chi connectivity index (χ3v) is 3.17. The van der Waals surface area contributed by atoms with E-state index < -0.39 is 0 Å². The highest BCUT2D eigenvalue weighted by atomic mass is 14.7. The molecule has 0 spiro atoms. The Bertz CT molecular complexity index is 367. The summed E-state index contributed by atoms with van der Waals surface area (Å²) in [5.41, 5.74) is 4.89. The van der Waals surface area contributed by atoms with Gasteiger partial charge in [0.2, 0.25) is 0 Å². The van der Waals surface area contributed by atoms with Crippen LogP contribution in [0.25, 0.3) is 0 Å². The van der Waals surface area contributed by atoms with Crippen LogP contribution in [0.1, 0.15) is 53.9 Å². The number of hydrogen-bond acceptors (Lipinski definition) is 2. The summed E-state index contributed by atoms with van der Waals surface area (Å²) in [7, 11) is 0. The van der Waals surface area contributed by atoms with Gasteiger partial charge in [0.15, 0.2) is 0 Å².